The Hall–Kier alpha value is -0.470. The number of aliphatic hydroxyl groups excluding tert-OH is 1. The largest absolute Gasteiger partial charge is 0.388 e. The molecule has 78 valence electrons. The molecule has 0 aliphatic heterocycles. The van der Waals surface area contributed by atoms with E-state index in [4.69, 9.17) is 0 Å². The molecule has 1 aromatic rings. The van der Waals surface area contributed by atoms with E-state index in [1.54, 1.807) is 0 Å². The molecular formula is C12H18OS. The van der Waals surface area contributed by atoms with Crippen molar-refractivity contribution >= 4 is 11.8 Å². The standard InChI is InChI=1S/C12H18OS/c1-3-5-12(13)10-6-8-11(9-7-10)14-4-2/h6-9,12-13H,3-5H2,1-2H3/t12-/m0/s1. The highest BCUT2D eigenvalue weighted by atomic mass is 32.2. The van der Waals surface area contributed by atoms with Crippen LogP contribution in [0.4, 0.5) is 0 Å². The maximum Gasteiger partial charge on any atom is 0.0790 e. The van der Waals surface area contributed by atoms with Crippen LogP contribution in [0.15, 0.2) is 29.2 Å². The summed E-state index contributed by atoms with van der Waals surface area (Å²) in [7, 11) is 0. The highest BCUT2D eigenvalue weighted by Crippen LogP contribution is 2.22. The van der Waals surface area contributed by atoms with E-state index in [9.17, 15) is 5.11 Å². The van der Waals surface area contributed by atoms with Gasteiger partial charge < -0.3 is 5.11 Å². The lowest BCUT2D eigenvalue weighted by Crippen LogP contribution is -1.95. The maximum absolute atomic E-state index is 9.73. The van der Waals surface area contributed by atoms with E-state index < -0.39 is 0 Å². The van der Waals surface area contributed by atoms with Crippen LogP contribution in [0.2, 0.25) is 0 Å². The quantitative estimate of drug-likeness (QED) is 0.749. The van der Waals surface area contributed by atoms with Gasteiger partial charge in [0.1, 0.15) is 0 Å². The van der Waals surface area contributed by atoms with Gasteiger partial charge in [-0.25, -0.2) is 0 Å². The first kappa shape index (κ1) is 11.6. The normalized spacial score (nSPS) is 12.8. The number of hydrogen-bond acceptors (Lipinski definition) is 2. The van der Waals surface area contributed by atoms with Gasteiger partial charge in [0.2, 0.25) is 0 Å². The summed E-state index contributed by atoms with van der Waals surface area (Å²) in [5.74, 6) is 1.09. The predicted octanol–water partition coefficient (Wildman–Crippen LogP) is 3.63. The van der Waals surface area contributed by atoms with Crippen molar-refractivity contribution in [3.05, 3.63) is 29.8 Å². The van der Waals surface area contributed by atoms with Crippen molar-refractivity contribution < 1.29 is 5.11 Å². The molecule has 0 heterocycles. The van der Waals surface area contributed by atoms with Gasteiger partial charge in [-0.15, -0.1) is 11.8 Å². The summed E-state index contributed by atoms with van der Waals surface area (Å²) in [6, 6.07) is 8.22. The molecule has 0 spiro atoms. The molecule has 1 N–H and O–H groups in total. The Balaban J connectivity index is 2.62. The van der Waals surface area contributed by atoms with Gasteiger partial charge in [-0.3, -0.25) is 0 Å². The molecule has 0 saturated carbocycles. The fraction of sp³-hybridized carbons (Fsp3) is 0.500. The first-order chi connectivity index (χ1) is 6.77. The topological polar surface area (TPSA) is 20.2 Å². The fourth-order valence-corrected chi connectivity index (χ4v) is 2.05. The Morgan fingerprint density at radius 3 is 2.36 bits per heavy atom. The molecule has 0 aliphatic rings. The van der Waals surface area contributed by atoms with Crippen molar-refractivity contribution in [2.75, 3.05) is 5.75 Å². The highest BCUT2D eigenvalue weighted by Gasteiger charge is 2.05. The number of hydrogen-bond donors (Lipinski definition) is 1. The number of thioether (sulfide) groups is 1. The van der Waals surface area contributed by atoms with E-state index in [1.807, 2.05) is 23.9 Å². The second kappa shape index (κ2) is 6.10. The minimum absolute atomic E-state index is 0.291. The van der Waals surface area contributed by atoms with Crippen molar-refractivity contribution in [1.82, 2.24) is 0 Å². The molecule has 14 heavy (non-hydrogen) atoms. The molecule has 0 bridgehead atoms. The van der Waals surface area contributed by atoms with Crippen molar-refractivity contribution in [3.8, 4) is 0 Å². The summed E-state index contributed by atoms with van der Waals surface area (Å²) in [6.07, 6.45) is 1.58. The second-order valence-corrected chi connectivity index (χ2v) is 4.64. The molecule has 0 unspecified atom stereocenters. The minimum atomic E-state index is -0.291. The molecule has 0 aromatic heterocycles. The molecule has 0 fully saturated rings. The molecule has 0 radical (unpaired) electrons. The summed E-state index contributed by atoms with van der Waals surface area (Å²) in [5.41, 5.74) is 1.03. The van der Waals surface area contributed by atoms with E-state index in [1.165, 1.54) is 4.90 Å². The molecule has 2 heteroatoms. The van der Waals surface area contributed by atoms with Crippen molar-refractivity contribution in [3.63, 3.8) is 0 Å². The first-order valence-electron chi connectivity index (χ1n) is 5.18. The van der Waals surface area contributed by atoms with Crippen LogP contribution in [0.1, 0.15) is 38.4 Å². The van der Waals surface area contributed by atoms with Crippen LogP contribution in [-0.4, -0.2) is 10.9 Å². The van der Waals surface area contributed by atoms with Gasteiger partial charge >= 0.3 is 0 Å². The second-order valence-electron chi connectivity index (χ2n) is 3.31. The van der Waals surface area contributed by atoms with E-state index in [-0.39, 0.29) is 6.10 Å². The Morgan fingerprint density at radius 2 is 1.86 bits per heavy atom. The lowest BCUT2D eigenvalue weighted by Gasteiger charge is -2.09. The van der Waals surface area contributed by atoms with Gasteiger partial charge in [-0.05, 0) is 29.9 Å². The van der Waals surface area contributed by atoms with Crippen molar-refractivity contribution in [2.45, 2.75) is 37.7 Å². The van der Waals surface area contributed by atoms with Crippen LogP contribution < -0.4 is 0 Å². The molecule has 1 atom stereocenters. The molecule has 1 aromatic carbocycles. The Labute approximate surface area is 90.5 Å². The third-order valence-corrected chi connectivity index (χ3v) is 3.03. The van der Waals surface area contributed by atoms with E-state index in [0.29, 0.717) is 0 Å². The Bertz CT molecular complexity index is 256. The molecule has 0 saturated heterocycles. The van der Waals surface area contributed by atoms with Crippen molar-refractivity contribution in [1.29, 1.82) is 0 Å². The van der Waals surface area contributed by atoms with Crippen LogP contribution in [0.5, 0.6) is 0 Å². The molecular weight excluding hydrogens is 192 g/mol. The molecule has 0 aliphatic carbocycles. The van der Waals surface area contributed by atoms with Gasteiger partial charge in [-0.1, -0.05) is 32.4 Å². The molecule has 1 nitrogen and oxygen atoms in total. The summed E-state index contributed by atoms with van der Waals surface area (Å²) in [4.78, 5) is 1.28. The van der Waals surface area contributed by atoms with Crippen LogP contribution in [0.3, 0.4) is 0 Å². The smallest absolute Gasteiger partial charge is 0.0790 e. The summed E-state index contributed by atoms with van der Waals surface area (Å²) < 4.78 is 0. The highest BCUT2D eigenvalue weighted by molar-refractivity contribution is 7.99. The summed E-state index contributed by atoms with van der Waals surface area (Å²) in [6.45, 7) is 4.23. The fourth-order valence-electron chi connectivity index (χ4n) is 1.39. The SMILES string of the molecule is CCC[C@H](O)c1ccc(SCC)cc1. The van der Waals surface area contributed by atoms with E-state index >= 15 is 0 Å². The Kier molecular flexibility index (Phi) is 5.05. The third-order valence-electron chi connectivity index (χ3n) is 2.14. The van der Waals surface area contributed by atoms with Gasteiger partial charge in [0.25, 0.3) is 0 Å². The van der Waals surface area contributed by atoms with Gasteiger partial charge in [-0.2, -0.15) is 0 Å². The number of rotatable bonds is 5. The van der Waals surface area contributed by atoms with E-state index in [2.05, 4.69) is 26.0 Å². The van der Waals surface area contributed by atoms with Gasteiger partial charge in [0.05, 0.1) is 6.10 Å². The van der Waals surface area contributed by atoms with Crippen LogP contribution in [-0.2, 0) is 0 Å². The van der Waals surface area contributed by atoms with Crippen LogP contribution >= 0.6 is 11.8 Å². The lowest BCUT2D eigenvalue weighted by molar-refractivity contribution is 0.166. The number of aliphatic hydroxyl groups is 1. The first-order valence-corrected chi connectivity index (χ1v) is 6.17. The average Bonchev–Trinajstić information content (AvgIpc) is 2.20. The third kappa shape index (κ3) is 3.35. The monoisotopic (exact) mass is 210 g/mol. The zero-order valence-corrected chi connectivity index (χ0v) is 9.68. The minimum Gasteiger partial charge on any atom is -0.388 e. The number of benzene rings is 1. The van der Waals surface area contributed by atoms with Crippen LogP contribution in [0.25, 0.3) is 0 Å². The van der Waals surface area contributed by atoms with Crippen LogP contribution in [0, 0.1) is 0 Å². The Morgan fingerprint density at radius 1 is 1.21 bits per heavy atom. The summed E-state index contributed by atoms with van der Waals surface area (Å²) in [5, 5.41) is 9.73. The van der Waals surface area contributed by atoms with Gasteiger partial charge in [0.15, 0.2) is 0 Å². The van der Waals surface area contributed by atoms with Crippen molar-refractivity contribution in [2.24, 2.45) is 0 Å². The van der Waals surface area contributed by atoms with Gasteiger partial charge in [0, 0.05) is 4.90 Å². The average molecular weight is 210 g/mol. The predicted molar refractivity (Wildman–Crippen MR) is 62.7 cm³/mol. The maximum atomic E-state index is 9.73. The molecule has 1 rings (SSSR count). The van der Waals surface area contributed by atoms with E-state index in [0.717, 1.165) is 24.2 Å². The summed E-state index contributed by atoms with van der Waals surface area (Å²) >= 11 is 1.83. The zero-order chi connectivity index (χ0) is 10.4. The zero-order valence-electron chi connectivity index (χ0n) is 8.86. The lowest BCUT2D eigenvalue weighted by atomic mass is 10.1. The molecule has 0 amide bonds.